The number of ether oxygens (including phenoxy) is 1. The third-order valence-electron chi connectivity index (χ3n) is 6.55. The van der Waals surface area contributed by atoms with Gasteiger partial charge in [-0.25, -0.2) is 4.98 Å². The van der Waals surface area contributed by atoms with Crippen LogP contribution < -0.4 is 0 Å². The van der Waals surface area contributed by atoms with E-state index in [1.54, 1.807) is 0 Å². The van der Waals surface area contributed by atoms with Gasteiger partial charge in [0.15, 0.2) is 0 Å². The Morgan fingerprint density at radius 3 is 2.36 bits per heavy atom. The molecule has 33 heavy (non-hydrogen) atoms. The fourth-order valence-electron chi connectivity index (χ4n) is 4.70. The van der Waals surface area contributed by atoms with Crippen molar-refractivity contribution in [3.8, 4) is 11.3 Å². The van der Waals surface area contributed by atoms with E-state index in [0.717, 1.165) is 16.5 Å². The Labute approximate surface area is 198 Å². The monoisotopic (exact) mass is 463 g/mol. The van der Waals surface area contributed by atoms with Crippen molar-refractivity contribution in [2.45, 2.75) is 12.8 Å². The number of morpholine rings is 1. The number of hydrogen-bond acceptors (Lipinski definition) is 4. The van der Waals surface area contributed by atoms with Crippen molar-refractivity contribution in [3.05, 3.63) is 65.2 Å². The molecule has 2 saturated heterocycles. The predicted octanol–water partition coefficient (Wildman–Crippen LogP) is 4.27. The second-order valence-corrected chi connectivity index (χ2v) is 8.96. The lowest BCUT2D eigenvalue weighted by Crippen LogP contribution is -2.47. The molecule has 0 aliphatic carbocycles. The maximum atomic E-state index is 13.6. The van der Waals surface area contributed by atoms with Crippen molar-refractivity contribution in [2.75, 3.05) is 39.4 Å². The molecule has 3 aromatic rings. The summed E-state index contributed by atoms with van der Waals surface area (Å²) in [5.41, 5.74) is 2.86. The summed E-state index contributed by atoms with van der Waals surface area (Å²) in [6, 6.07) is 17.1. The van der Waals surface area contributed by atoms with Crippen LogP contribution in [-0.4, -0.2) is 66.0 Å². The largest absolute Gasteiger partial charge is 0.378 e. The number of fused-ring (bicyclic) bond motifs is 1. The molecule has 7 heteroatoms. The standard InChI is InChI=1S/C26H26ClN3O3/c27-22-7-3-1-6-20(22)24-17-21(19-5-2-4-8-23(19)28-24)26(32)29-11-9-18(10-12-29)25(31)30-13-15-33-16-14-30/h1-8,17-18H,9-16H2. The van der Waals surface area contributed by atoms with E-state index in [0.29, 0.717) is 68.5 Å². The van der Waals surface area contributed by atoms with E-state index >= 15 is 0 Å². The lowest BCUT2D eigenvalue weighted by atomic mass is 9.94. The smallest absolute Gasteiger partial charge is 0.254 e. The summed E-state index contributed by atoms with van der Waals surface area (Å²) >= 11 is 6.42. The normalized spacial score (nSPS) is 17.4. The van der Waals surface area contributed by atoms with Crippen LogP contribution >= 0.6 is 11.6 Å². The molecule has 0 saturated carbocycles. The Kier molecular flexibility index (Phi) is 6.29. The van der Waals surface area contributed by atoms with Crippen LogP contribution in [-0.2, 0) is 9.53 Å². The molecule has 0 radical (unpaired) electrons. The second kappa shape index (κ2) is 9.49. The molecular formula is C26H26ClN3O3. The molecule has 0 atom stereocenters. The van der Waals surface area contributed by atoms with Gasteiger partial charge in [0.05, 0.1) is 30.0 Å². The molecule has 1 aromatic heterocycles. The van der Waals surface area contributed by atoms with Crippen LogP contribution in [0.15, 0.2) is 54.6 Å². The molecule has 5 rings (SSSR count). The molecule has 170 valence electrons. The van der Waals surface area contributed by atoms with Crippen LogP contribution in [0.3, 0.4) is 0 Å². The minimum atomic E-state index is -0.0285. The maximum absolute atomic E-state index is 13.6. The van der Waals surface area contributed by atoms with Crippen molar-refractivity contribution in [3.63, 3.8) is 0 Å². The van der Waals surface area contributed by atoms with Gasteiger partial charge in [-0.3, -0.25) is 9.59 Å². The van der Waals surface area contributed by atoms with Crippen LogP contribution in [0.5, 0.6) is 0 Å². The zero-order valence-electron chi connectivity index (χ0n) is 18.4. The van der Waals surface area contributed by atoms with Gasteiger partial charge in [-0.1, -0.05) is 48.0 Å². The molecule has 2 amide bonds. The third-order valence-corrected chi connectivity index (χ3v) is 6.88. The Hall–Kier alpha value is -2.96. The molecule has 0 spiro atoms. The number of nitrogens with zero attached hydrogens (tertiary/aromatic N) is 3. The number of amides is 2. The Morgan fingerprint density at radius 2 is 1.61 bits per heavy atom. The SMILES string of the molecule is O=C(c1cc(-c2ccccc2Cl)nc2ccccc12)N1CCC(C(=O)N2CCOCC2)CC1. The first kappa shape index (κ1) is 21.9. The van der Waals surface area contributed by atoms with Gasteiger partial charge in [0.1, 0.15) is 0 Å². The number of carbonyl (C=O) groups is 2. The van der Waals surface area contributed by atoms with Gasteiger partial charge in [-0.2, -0.15) is 0 Å². The van der Waals surface area contributed by atoms with E-state index in [1.165, 1.54) is 0 Å². The average Bonchev–Trinajstić information content (AvgIpc) is 2.88. The van der Waals surface area contributed by atoms with Crippen LogP contribution in [0.1, 0.15) is 23.2 Å². The summed E-state index contributed by atoms with van der Waals surface area (Å²) in [4.78, 5) is 35.0. The molecule has 0 bridgehead atoms. The third kappa shape index (κ3) is 4.45. The summed E-state index contributed by atoms with van der Waals surface area (Å²) in [5.74, 6) is 0.139. The molecule has 0 N–H and O–H groups in total. The fraction of sp³-hybridized carbons (Fsp3) is 0.346. The summed E-state index contributed by atoms with van der Waals surface area (Å²) in [5, 5.41) is 1.42. The highest BCUT2D eigenvalue weighted by molar-refractivity contribution is 6.33. The Morgan fingerprint density at radius 1 is 0.909 bits per heavy atom. The average molecular weight is 464 g/mol. The van der Waals surface area contributed by atoms with Crippen LogP contribution in [0.2, 0.25) is 5.02 Å². The first-order chi connectivity index (χ1) is 16.1. The van der Waals surface area contributed by atoms with Gasteiger partial charge < -0.3 is 14.5 Å². The van der Waals surface area contributed by atoms with Crippen LogP contribution in [0.4, 0.5) is 0 Å². The molecule has 3 heterocycles. The Balaban J connectivity index is 1.38. The van der Waals surface area contributed by atoms with E-state index in [2.05, 4.69) is 0 Å². The Bertz CT molecular complexity index is 1180. The predicted molar refractivity (Wildman–Crippen MR) is 128 cm³/mol. The number of hydrogen-bond donors (Lipinski definition) is 0. The van der Waals surface area contributed by atoms with E-state index in [1.807, 2.05) is 64.4 Å². The van der Waals surface area contributed by atoms with Gasteiger partial charge in [0.25, 0.3) is 5.91 Å². The van der Waals surface area contributed by atoms with Crippen LogP contribution in [0.25, 0.3) is 22.2 Å². The number of likely N-dealkylation sites (tertiary alicyclic amines) is 1. The van der Waals surface area contributed by atoms with Gasteiger partial charge >= 0.3 is 0 Å². The number of carbonyl (C=O) groups excluding carboxylic acids is 2. The van der Waals surface area contributed by atoms with Crippen molar-refractivity contribution in [2.24, 2.45) is 5.92 Å². The number of rotatable bonds is 3. The second-order valence-electron chi connectivity index (χ2n) is 8.56. The molecule has 2 fully saturated rings. The minimum Gasteiger partial charge on any atom is -0.378 e. The lowest BCUT2D eigenvalue weighted by Gasteiger charge is -2.35. The van der Waals surface area contributed by atoms with Crippen molar-refractivity contribution < 1.29 is 14.3 Å². The van der Waals surface area contributed by atoms with E-state index in [4.69, 9.17) is 21.3 Å². The highest BCUT2D eigenvalue weighted by Crippen LogP contribution is 2.31. The number of halogens is 1. The number of aromatic nitrogens is 1. The van der Waals surface area contributed by atoms with Crippen LogP contribution in [0, 0.1) is 5.92 Å². The first-order valence-corrected chi connectivity index (χ1v) is 11.8. The van der Waals surface area contributed by atoms with Crippen molar-refractivity contribution >= 4 is 34.3 Å². The highest BCUT2D eigenvalue weighted by atomic mass is 35.5. The zero-order chi connectivity index (χ0) is 22.8. The first-order valence-electron chi connectivity index (χ1n) is 11.4. The molecule has 2 aliphatic heterocycles. The van der Waals surface area contributed by atoms with Gasteiger partial charge in [-0.05, 0) is 31.0 Å². The molecule has 6 nitrogen and oxygen atoms in total. The number of pyridine rings is 1. The quantitative estimate of drug-likeness (QED) is 0.582. The maximum Gasteiger partial charge on any atom is 0.254 e. The molecule has 2 aliphatic rings. The van der Waals surface area contributed by atoms with E-state index in [9.17, 15) is 9.59 Å². The summed E-state index contributed by atoms with van der Waals surface area (Å²) in [6.07, 6.45) is 1.37. The van der Waals surface area contributed by atoms with Crippen molar-refractivity contribution in [1.82, 2.24) is 14.8 Å². The van der Waals surface area contributed by atoms with Gasteiger partial charge in [-0.15, -0.1) is 0 Å². The summed E-state index contributed by atoms with van der Waals surface area (Å²) in [7, 11) is 0. The van der Waals surface area contributed by atoms with Gasteiger partial charge in [0.2, 0.25) is 5.91 Å². The number of benzene rings is 2. The van der Waals surface area contributed by atoms with E-state index < -0.39 is 0 Å². The van der Waals surface area contributed by atoms with Crippen molar-refractivity contribution in [1.29, 1.82) is 0 Å². The molecule has 0 unspecified atom stereocenters. The fourth-order valence-corrected chi connectivity index (χ4v) is 4.93. The minimum absolute atomic E-state index is 0.0278. The number of piperidine rings is 1. The lowest BCUT2D eigenvalue weighted by molar-refractivity contribution is -0.141. The highest BCUT2D eigenvalue weighted by Gasteiger charge is 2.31. The van der Waals surface area contributed by atoms with E-state index in [-0.39, 0.29) is 17.7 Å². The molecule has 2 aromatic carbocycles. The molecular weight excluding hydrogens is 438 g/mol. The number of para-hydroxylation sites is 1. The van der Waals surface area contributed by atoms with Gasteiger partial charge in [0, 0.05) is 48.1 Å². The summed E-state index contributed by atoms with van der Waals surface area (Å²) in [6.45, 7) is 3.66. The topological polar surface area (TPSA) is 62.7 Å². The zero-order valence-corrected chi connectivity index (χ0v) is 19.1. The summed E-state index contributed by atoms with van der Waals surface area (Å²) < 4.78 is 5.36.